The lowest BCUT2D eigenvalue weighted by Gasteiger charge is -2.19. The molecular weight excluding hydrogens is 356 g/mol. The summed E-state index contributed by atoms with van der Waals surface area (Å²) in [6, 6.07) is 7.41. The highest BCUT2D eigenvalue weighted by Gasteiger charge is 2.47. The molecule has 6 heteroatoms. The third kappa shape index (κ3) is 4.05. The molecule has 2 unspecified atom stereocenters. The first kappa shape index (κ1) is 19.0. The normalized spacial score (nSPS) is 25.1. The van der Waals surface area contributed by atoms with Gasteiger partial charge >= 0.3 is 0 Å². The molecule has 28 heavy (non-hydrogen) atoms. The Morgan fingerprint density at radius 2 is 1.64 bits per heavy atom. The predicted octanol–water partition coefficient (Wildman–Crippen LogP) is 3.51. The summed E-state index contributed by atoms with van der Waals surface area (Å²) in [6.45, 7) is 0.161. The quantitative estimate of drug-likeness (QED) is 0.762. The lowest BCUT2D eigenvalue weighted by molar-refractivity contribution is -0.140. The number of hydrogen-bond donors (Lipinski definition) is 1. The van der Waals surface area contributed by atoms with Crippen molar-refractivity contribution >= 4 is 23.4 Å². The summed E-state index contributed by atoms with van der Waals surface area (Å²) in [7, 11) is 0. The van der Waals surface area contributed by atoms with Crippen molar-refractivity contribution < 1.29 is 19.1 Å². The van der Waals surface area contributed by atoms with Crippen molar-refractivity contribution in [2.24, 2.45) is 11.8 Å². The Morgan fingerprint density at radius 1 is 1.00 bits per heavy atom. The molecule has 2 aliphatic carbocycles. The molecular formula is C22H28N2O4. The highest BCUT2D eigenvalue weighted by molar-refractivity contribution is 6.05. The van der Waals surface area contributed by atoms with E-state index in [9.17, 15) is 14.4 Å². The fourth-order valence-electron chi connectivity index (χ4n) is 4.73. The number of anilines is 1. The molecule has 1 aromatic rings. The minimum Gasteiger partial charge on any atom is -0.490 e. The van der Waals surface area contributed by atoms with Gasteiger partial charge in [0.05, 0.1) is 17.9 Å². The molecule has 1 saturated heterocycles. The van der Waals surface area contributed by atoms with Gasteiger partial charge < -0.3 is 10.1 Å². The molecule has 0 aromatic heterocycles. The van der Waals surface area contributed by atoms with Crippen molar-refractivity contribution in [3.8, 4) is 5.75 Å². The number of likely N-dealkylation sites (tertiary alicyclic amines) is 1. The van der Waals surface area contributed by atoms with E-state index in [1.807, 2.05) is 24.3 Å². The average Bonchev–Trinajstić information content (AvgIpc) is 3.28. The molecule has 2 atom stereocenters. The van der Waals surface area contributed by atoms with E-state index in [2.05, 4.69) is 5.32 Å². The summed E-state index contributed by atoms with van der Waals surface area (Å²) in [5.74, 6) is 0.0681. The monoisotopic (exact) mass is 384 g/mol. The van der Waals surface area contributed by atoms with E-state index in [-0.39, 0.29) is 48.6 Å². The number of nitrogens with one attached hydrogen (secondary N) is 1. The van der Waals surface area contributed by atoms with Gasteiger partial charge in [0, 0.05) is 24.7 Å². The zero-order valence-corrected chi connectivity index (χ0v) is 16.2. The molecule has 150 valence electrons. The van der Waals surface area contributed by atoms with E-state index < -0.39 is 0 Å². The van der Waals surface area contributed by atoms with Gasteiger partial charge in [-0.3, -0.25) is 19.3 Å². The zero-order chi connectivity index (χ0) is 19.5. The Kier molecular flexibility index (Phi) is 5.64. The number of carbonyl (C=O) groups excluding carboxylic acids is 3. The molecule has 1 aliphatic heterocycles. The predicted molar refractivity (Wildman–Crippen MR) is 105 cm³/mol. The third-order valence-electron chi connectivity index (χ3n) is 6.22. The number of ether oxygens (including phenoxy) is 1. The zero-order valence-electron chi connectivity index (χ0n) is 16.2. The van der Waals surface area contributed by atoms with Crippen molar-refractivity contribution in [2.75, 3.05) is 11.9 Å². The van der Waals surface area contributed by atoms with Crippen molar-refractivity contribution in [1.82, 2.24) is 4.90 Å². The molecule has 3 aliphatic rings. The standard InChI is InChI=1S/C22H28N2O4/c25-20(12-13-24-21(26)18-10-3-4-11-19(18)22(24)27)23-15-6-5-9-17(14-15)28-16-7-1-2-8-16/h5-6,9,14,16,18-19H,1-4,7-8,10-13H2,(H,23,25). The van der Waals surface area contributed by atoms with Gasteiger partial charge in [0.2, 0.25) is 17.7 Å². The smallest absolute Gasteiger partial charge is 0.233 e. The molecule has 0 bridgehead atoms. The molecule has 0 spiro atoms. The van der Waals surface area contributed by atoms with Gasteiger partial charge in [0.15, 0.2) is 0 Å². The second kappa shape index (κ2) is 8.33. The first-order chi connectivity index (χ1) is 13.6. The lowest BCUT2D eigenvalue weighted by atomic mass is 9.81. The van der Waals surface area contributed by atoms with Crippen molar-refractivity contribution in [3.63, 3.8) is 0 Å². The average molecular weight is 384 g/mol. The van der Waals surface area contributed by atoms with Gasteiger partial charge in [-0.25, -0.2) is 0 Å². The fourth-order valence-corrected chi connectivity index (χ4v) is 4.73. The number of carbonyl (C=O) groups is 3. The number of benzene rings is 1. The Bertz CT molecular complexity index is 733. The summed E-state index contributed by atoms with van der Waals surface area (Å²) >= 11 is 0. The van der Waals surface area contributed by atoms with Gasteiger partial charge in [0.1, 0.15) is 5.75 Å². The lowest BCUT2D eigenvalue weighted by Crippen LogP contribution is -2.34. The molecule has 3 fully saturated rings. The molecule has 4 rings (SSSR count). The second-order valence-corrected chi connectivity index (χ2v) is 8.18. The molecule has 1 aromatic carbocycles. The van der Waals surface area contributed by atoms with Gasteiger partial charge in [-0.15, -0.1) is 0 Å². The van der Waals surface area contributed by atoms with Crippen LogP contribution < -0.4 is 10.1 Å². The SMILES string of the molecule is O=C(CCN1C(=O)C2CCCCC2C1=O)Nc1cccc(OC2CCCC2)c1. The van der Waals surface area contributed by atoms with Gasteiger partial charge in [-0.1, -0.05) is 18.9 Å². The van der Waals surface area contributed by atoms with Crippen LogP contribution in [-0.4, -0.2) is 35.3 Å². The topological polar surface area (TPSA) is 75.7 Å². The van der Waals surface area contributed by atoms with Crippen LogP contribution in [-0.2, 0) is 14.4 Å². The van der Waals surface area contributed by atoms with Crippen LogP contribution in [0.15, 0.2) is 24.3 Å². The number of amides is 3. The minimum absolute atomic E-state index is 0.0885. The number of fused-ring (bicyclic) bond motifs is 1. The minimum atomic E-state index is -0.200. The molecule has 6 nitrogen and oxygen atoms in total. The summed E-state index contributed by atoms with van der Waals surface area (Å²) in [5.41, 5.74) is 0.674. The molecule has 0 radical (unpaired) electrons. The van der Waals surface area contributed by atoms with E-state index in [1.54, 1.807) is 0 Å². The Balaban J connectivity index is 1.30. The summed E-state index contributed by atoms with van der Waals surface area (Å²) in [5, 5.41) is 2.86. The first-order valence-corrected chi connectivity index (χ1v) is 10.5. The van der Waals surface area contributed by atoms with Crippen LogP contribution in [0.25, 0.3) is 0 Å². The maximum atomic E-state index is 12.5. The summed E-state index contributed by atoms with van der Waals surface area (Å²) in [6.07, 6.45) is 8.56. The van der Waals surface area contributed by atoms with Crippen LogP contribution in [0.1, 0.15) is 57.8 Å². The fraction of sp³-hybridized carbons (Fsp3) is 0.591. The number of nitrogens with zero attached hydrogens (tertiary/aromatic N) is 1. The van der Waals surface area contributed by atoms with E-state index in [4.69, 9.17) is 4.74 Å². The molecule has 1 heterocycles. The number of rotatable bonds is 6. The van der Waals surface area contributed by atoms with Crippen molar-refractivity contribution in [2.45, 2.75) is 63.9 Å². The Morgan fingerprint density at radius 3 is 2.32 bits per heavy atom. The van der Waals surface area contributed by atoms with Crippen molar-refractivity contribution in [3.05, 3.63) is 24.3 Å². The van der Waals surface area contributed by atoms with Crippen LogP contribution in [0.3, 0.4) is 0 Å². The van der Waals surface area contributed by atoms with Crippen molar-refractivity contribution in [1.29, 1.82) is 0 Å². The van der Waals surface area contributed by atoms with Crippen LogP contribution >= 0.6 is 0 Å². The van der Waals surface area contributed by atoms with E-state index in [1.165, 1.54) is 17.7 Å². The van der Waals surface area contributed by atoms with Crippen LogP contribution in [0, 0.1) is 11.8 Å². The highest BCUT2D eigenvalue weighted by atomic mass is 16.5. The Hall–Kier alpha value is -2.37. The number of imide groups is 1. The largest absolute Gasteiger partial charge is 0.490 e. The molecule has 1 N–H and O–H groups in total. The summed E-state index contributed by atoms with van der Waals surface area (Å²) < 4.78 is 5.97. The van der Waals surface area contributed by atoms with Crippen LogP contribution in [0.2, 0.25) is 0 Å². The van der Waals surface area contributed by atoms with E-state index in [0.717, 1.165) is 44.3 Å². The van der Waals surface area contributed by atoms with Crippen LogP contribution in [0.4, 0.5) is 5.69 Å². The maximum absolute atomic E-state index is 12.5. The maximum Gasteiger partial charge on any atom is 0.233 e. The van der Waals surface area contributed by atoms with E-state index in [0.29, 0.717) is 5.69 Å². The van der Waals surface area contributed by atoms with Gasteiger partial charge in [0.25, 0.3) is 0 Å². The van der Waals surface area contributed by atoms with E-state index >= 15 is 0 Å². The number of hydrogen-bond acceptors (Lipinski definition) is 4. The third-order valence-corrected chi connectivity index (χ3v) is 6.22. The van der Waals surface area contributed by atoms with Crippen LogP contribution in [0.5, 0.6) is 5.75 Å². The highest BCUT2D eigenvalue weighted by Crippen LogP contribution is 2.38. The van der Waals surface area contributed by atoms with Gasteiger partial charge in [-0.2, -0.15) is 0 Å². The first-order valence-electron chi connectivity index (χ1n) is 10.5. The molecule has 2 saturated carbocycles. The van der Waals surface area contributed by atoms with Gasteiger partial charge in [-0.05, 0) is 50.7 Å². The summed E-state index contributed by atoms with van der Waals surface area (Å²) in [4.78, 5) is 38.6. The molecule has 3 amide bonds. The second-order valence-electron chi connectivity index (χ2n) is 8.18. The Labute approximate surface area is 165 Å².